The Morgan fingerprint density at radius 3 is 1.73 bits per heavy atom. The van der Waals surface area contributed by atoms with E-state index in [9.17, 15) is 22.6 Å². The standard InChI is InChI=1S/C20H33O8S.Na/c1-13(2)26-18(21)15-10-16(19(22)27-14(3)4)12-17(11-15)28-20(29(23,24)25)8-6-5-7-9-20;/h5,13-17H,6-12H2,1-4H3,(H,23,24,25);. The third-order valence-corrected chi connectivity index (χ3v) is 8.52. The van der Waals surface area contributed by atoms with E-state index in [2.05, 4.69) is 0 Å². The Hall–Kier alpha value is -0.190. The summed E-state index contributed by atoms with van der Waals surface area (Å²) in [6, 6.07) is 0. The van der Waals surface area contributed by atoms with Crippen molar-refractivity contribution in [2.75, 3.05) is 0 Å². The molecule has 2 saturated carbocycles. The Morgan fingerprint density at radius 1 is 0.933 bits per heavy atom. The normalized spacial score (nSPS) is 32.8. The van der Waals surface area contributed by atoms with E-state index in [1.807, 2.05) is 0 Å². The van der Waals surface area contributed by atoms with Crippen LogP contribution in [0.4, 0.5) is 0 Å². The van der Waals surface area contributed by atoms with Crippen LogP contribution < -0.4 is 0 Å². The van der Waals surface area contributed by atoms with Gasteiger partial charge in [0.2, 0.25) is 0 Å². The van der Waals surface area contributed by atoms with E-state index in [0.717, 1.165) is 27.9 Å². The molecular weight excluding hydrogens is 423 g/mol. The van der Waals surface area contributed by atoms with Crippen molar-refractivity contribution in [3.63, 3.8) is 0 Å². The van der Waals surface area contributed by atoms with Crippen LogP contribution in [0, 0.1) is 11.8 Å². The molecule has 0 aromatic carbocycles. The van der Waals surface area contributed by atoms with Crippen molar-refractivity contribution >= 4 is 50.0 Å². The van der Waals surface area contributed by atoms with Crippen molar-refractivity contribution < 1.29 is 36.8 Å². The van der Waals surface area contributed by atoms with E-state index < -0.39 is 44.9 Å². The second-order valence-corrected chi connectivity index (χ2v) is 12.7. The van der Waals surface area contributed by atoms with Gasteiger partial charge in [0, 0.05) is 0 Å². The Bertz CT molecular complexity index is 682. The Labute approximate surface area is 196 Å². The van der Waals surface area contributed by atoms with E-state index in [0.29, 0.717) is 16.0 Å². The summed E-state index contributed by atoms with van der Waals surface area (Å²) in [4.78, 5) is 23.5. The van der Waals surface area contributed by atoms with E-state index in [-0.39, 0.29) is 44.3 Å². The van der Waals surface area contributed by atoms with E-state index in [4.69, 9.17) is 14.2 Å². The van der Waals surface area contributed by atoms with Gasteiger partial charge in [-0.3, -0.25) is 0 Å². The van der Waals surface area contributed by atoms with Crippen LogP contribution in [0.5, 0.6) is 0 Å². The van der Waals surface area contributed by atoms with E-state index in [1.54, 1.807) is 27.7 Å². The van der Waals surface area contributed by atoms with Crippen LogP contribution in [0.3, 0.4) is 0 Å². The van der Waals surface area contributed by atoms with Crippen molar-refractivity contribution in [2.24, 2.45) is 11.8 Å². The molecule has 2 rings (SSSR count). The summed E-state index contributed by atoms with van der Waals surface area (Å²) in [5, 5.41) is 0. The molecule has 1 N–H and O–H groups in total. The number of ether oxygens (including phenoxy) is 3. The Balaban J connectivity index is 2.24. The first kappa shape index (κ1) is 26.1. The summed E-state index contributed by atoms with van der Waals surface area (Å²) in [6.07, 6.45) is 1.31. The molecule has 10 heteroatoms. The van der Waals surface area contributed by atoms with Gasteiger partial charge in [0.15, 0.2) is 0 Å². The first-order chi connectivity index (χ1) is 13.8. The number of carbonyl (C=O) groups is 2. The molecule has 2 aliphatic rings. The maximum absolute atomic E-state index is 12.6. The average molecular weight is 457 g/mol. The summed E-state index contributed by atoms with van der Waals surface area (Å²) in [7, 11) is -4.46. The van der Waals surface area contributed by atoms with Crippen LogP contribution in [0.25, 0.3) is 0 Å². The third-order valence-electron chi connectivity index (χ3n) is 5.92. The number of hydrogen-bond donors (Lipinski definition) is 1. The van der Waals surface area contributed by atoms with Gasteiger partial charge in [0.25, 0.3) is 0 Å². The summed E-state index contributed by atoms with van der Waals surface area (Å²) in [6.45, 7) is 7.00. The van der Waals surface area contributed by atoms with Crippen molar-refractivity contribution in [3.05, 3.63) is 0 Å². The first-order valence-corrected chi connectivity index (χ1v) is 13.5. The minimum atomic E-state index is -4.46. The zero-order valence-corrected chi connectivity index (χ0v) is 21.4. The van der Waals surface area contributed by atoms with Gasteiger partial charge in [-0.1, -0.05) is 0 Å². The van der Waals surface area contributed by atoms with E-state index in [1.165, 1.54) is 0 Å². The van der Waals surface area contributed by atoms with Crippen molar-refractivity contribution in [3.8, 4) is 0 Å². The van der Waals surface area contributed by atoms with Gasteiger partial charge in [-0.2, -0.15) is 0 Å². The average Bonchev–Trinajstić information content (AvgIpc) is 2.61. The Morgan fingerprint density at radius 2 is 1.37 bits per heavy atom. The molecular formula is C20H33NaO8S. The molecule has 0 aliphatic heterocycles. The van der Waals surface area contributed by atoms with Gasteiger partial charge >= 0.3 is 198 Å². The number of esters is 2. The summed E-state index contributed by atoms with van der Waals surface area (Å²) in [5.41, 5.74) is 0. The molecule has 30 heavy (non-hydrogen) atoms. The Kier molecular flexibility index (Phi) is 9.23. The number of rotatable bonds is 7. The monoisotopic (exact) mass is 456 g/mol. The molecule has 0 saturated heterocycles. The predicted octanol–water partition coefficient (Wildman–Crippen LogP) is 2.81. The molecule has 2 aliphatic carbocycles. The predicted molar refractivity (Wildman–Crippen MR) is 110 cm³/mol. The van der Waals surface area contributed by atoms with Crippen LogP contribution in [0.1, 0.15) is 72.6 Å². The second-order valence-electron chi connectivity index (χ2n) is 9.38. The van der Waals surface area contributed by atoms with Gasteiger partial charge in [0.1, 0.15) is 0 Å². The third kappa shape index (κ3) is 6.90. The van der Waals surface area contributed by atoms with E-state index >= 15 is 0 Å². The molecule has 2 atom stereocenters. The van der Waals surface area contributed by atoms with Gasteiger partial charge < -0.3 is 0 Å². The van der Waals surface area contributed by atoms with Gasteiger partial charge in [-0.05, 0) is 0 Å². The molecule has 0 amide bonds. The van der Waals surface area contributed by atoms with Gasteiger partial charge in [-0.15, -0.1) is 0 Å². The molecule has 0 aromatic heterocycles. The molecule has 8 nitrogen and oxygen atoms in total. The SMILES string of the molecule is CC(C)OC(=O)C1CC(OC2(S(=O)(=O)O)CC[CH]([Na])CC2)CC(C(=O)OC(C)C)C1. The van der Waals surface area contributed by atoms with Crippen LogP contribution in [0.15, 0.2) is 0 Å². The molecule has 2 unspecified atom stereocenters. The van der Waals surface area contributed by atoms with Crippen LogP contribution in [-0.4, -0.2) is 76.1 Å². The quantitative estimate of drug-likeness (QED) is 0.353. The molecule has 0 spiro atoms. The second kappa shape index (κ2) is 10.6. The first-order valence-electron chi connectivity index (χ1n) is 10.9. The molecule has 0 radical (unpaired) electrons. The molecule has 0 bridgehead atoms. The van der Waals surface area contributed by atoms with Crippen molar-refractivity contribution in [1.82, 2.24) is 0 Å². The number of carbonyl (C=O) groups excluding carboxylic acids is 2. The van der Waals surface area contributed by atoms with Gasteiger partial charge in [-0.25, -0.2) is 0 Å². The van der Waals surface area contributed by atoms with Crippen LogP contribution >= 0.6 is 0 Å². The maximum atomic E-state index is 12.6. The topological polar surface area (TPSA) is 116 Å². The fourth-order valence-electron chi connectivity index (χ4n) is 4.35. The zero-order valence-electron chi connectivity index (χ0n) is 18.6. The molecule has 0 aromatic rings. The van der Waals surface area contributed by atoms with Crippen LogP contribution in [-0.2, 0) is 33.9 Å². The van der Waals surface area contributed by atoms with Gasteiger partial charge in [0.05, 0.1) is 0 Å². The van der Waals surface area contributed by atoms with Crippen LogP contribution in [0.2, 0.25) is 3.17 Å². The van der Waals surface area contributed by atoms with Crippen molar-refractivity contribution in [1.29, 1.82) is 0 Å². The minimum absolute atomic E-state index is 0.221. The molecule has 168 valence electrons. The summed E-state index contributed by atoms with van der Waals surface area (Å²) in [5.74, 6) is -2.04. The fourth-order valence-corrected chi connectivity index (χ4v) is 5.93. The van der Waals surface area contributed by atoms with Crippen molar-refractivity contribution in [2.45, 2.75) is 99.1 Å². The summed E-state index contributed by atoms with van der Waals surface area (Å²) < 4.78 is 51.7. The zero-order chi connectivity index (χ0) is 22.7. The summed E-state index contributed by atoms with van der Waals surface area (Å²) >= 11 is 0.959. The molecule has 2 fully saturated rings. The number of hydrogen-bond acceptors (Lipinski definition) is 7. The molecule has 0 heterocycles. The fraction of sp³-hybridized carbons (Fsp3) is 0.900.